The zero-order chi connectivity index (χ0) is 17.4. The predicted octanol–water partition coefficient (Wildman–Crippen LogP) is 3.79. The van der Waals surface area contributed by atoms with Gasteiger partial charge in [0.15, 0.2) is 0 Å². The van der Waals surface area contributed by atoms with Gasteiger partial charge in [0.2, 0.25) is 6.10 Å². The van der Waals surface area contributed by atoms with Gasteiger partial charge in [-0.1, -0.05) is 18.5 Å². The topological polar surface area (TPSA) is 44.8 Å². The van der Waals surface area contributed by atoms with E-state index in [-0.39, 0.29) is 22.1 Å². The molecule has 0 saturated heterocycles. The fraction of sp³-hybridized carbons (Fsp3) is 0.400. The predicted molar refractivity (Wildman–Crippen MR) is 77.8 cm³/mol. The van der Waals surface area contributed by atoms with Gasteiger partial charge in [0.05, 0.1) is 19.8 Å². The first kappa shape index (κ1) is 17.5. The quantitative estimate of drug-likeness (QED) is 0.778. The number of benzene rings is 1. The summed E-state index contributed by atoms with van der Waals surface area (Å²) < 4.78 is 54.1. The number of carbonyl (C=O) groups excluding carboxylic acids is 1. The third-order valence-electron chi connectivity index (χ3n) is 3.41. The number of alkyl halides is 3. The Morgan fingerprint density at radius 2 is 2.04 bits per heavy atom. The van der Waals surface area contributed by atoms with E-state index in [1.807, 2.05) is 6.92 Å². The Kier molecular flexibility index (Phi) is 4.79. The first-order valence-corrected chi connectivity index (χ1v) is 7.05. The Balaban J connectivity index is 2.68. The zero-order valence-electron chi connectivity index (χ0n) is 12.6. The number of methoxy groups -OCH3 is 2. The van der Waals surface area contributed by atoms with Crippen LogP contribution >= 0.6 is 11.6 Å². The third-order valence-corrected chi connectivity index (χ3v) is 3.76. The van der Waals surface area contributed by atoms with Crippen molar-refractivity contribution in [2.45, 2.75) is 25.6 Å². The van der Waals surface area contributed by atoms with Crippen LogP contribution in [0.1, 0.15) is 18.1 Å². The molecule has 4 nitrogen and oxygen atoms in total. The molecule has 1 heterocycles. The fourth-order valence-corrected chi connectivity index (χ4v) is 2.70. The largest absolute Gasteiger partial charge is 0.495 e. The summed E-state index contributed by atoms with van der Waals surface area (Å²) in [4.78, 5) is 11.7. The lowest BCUT2D eigenvalue weighted by atomic mass is 9.98. The van der Waals surface area contributed by atoms with Crippen molar-refractivity contribution in [1.29, 1.82) is 0 Å². The number of hydrogen-bond donors (Lipinski definition) is 0. The summed E-state index contributed by atoms with van der Waals surface area (Å²) in [6.07, 6.45) is -5.61. The molecule has 0 bridgehead atoms. The maximum Gasteiger partial charge on any atom is 0.430 e. The molecule has 0 aliphatic carbocycles. The second-order valence-corrected chi connectivity index (χ2v) is 5.16. The molecule has 1 unspecified atom stereocenters. The van der Waals surface area contributed by atoms with Gasteiger partial charge in [0.25, 0.3) is 0 Å². The normalized spacial score (nSPS) is 17.0. The van der Waals surface area contributed by atoms with E-state index in [4.69, 9.17) is 21.1 Å². The number of ether oxygens (including phenoxy) is 3. The molecule has 0 amide bonds. The first-order valence-electron chi connectivity index (χ1n) is 6.67. The lowest BCUT2D eigenvalue weighted by Gasteiger charge is -2.29. The SMILES string of the molecule is CCc1cc2c(c(Cl)c1OC)OC(C(F)(F)F)C(C(=O)OC)=C2. The fourth-order valence-electron chi connectivity index (χ4n) is 2.35. The van der Waals surface area contributed by atoms with Gasteiger partial charge in [-0.25, -0.2) is 4.79 Å². The molecule has 1 aliphatic rings. The average Bonchev–Trinajstić information content (AvgIpc) is 2.51. The number of aryl methyl sites for hydroxylation is 1. The minimum atomic E-state index is -4.79. The van der Waals surface area contributed by atoms with Crippen LogP contribution in [0, 0.1) is 0 Å². The minimum absolute atomic E-state index is 0.0590. The molecule has 1 aliphatic heterocycles. The van der Waals surface area contributed by atoms with E-state index in [9.17, 15) is 18.0 Å². The number of halogens is 4. The summed E-state index contributed by atoms with van der Waals surface area (Å²) in [5.74, 6) is -1.03. The molecule has 0 N–H and O–H groups in total. The highest BCUT2D eigenvalue weighted by Crippen LogP contribution is 2.46. The Bertz CT molecular complexity index is 668. The second kappa shape index (κ2) is 6.31. The van der Waals surface area contributed by atoms with Crippen molar-refractivity contribution >= 4 is 23.6 Å². The van der Waals surface area contributed by atoms with Gasteiger partial charge >= 0.3 is 12.1 Å². The Hall–Kier alpha value is -1.89. The molecule has 0 radical (unpaired) electrons. The van der Waals surface area contributed by atoms with Crippen LogP contribution < -0.4 is 9.47 Å². The van der Waals surface area contributed by atoms with E-state index < -0.39 is 23.8 Å². The maximum absolute atomic E-state index is 13.2. The van der Waals surface area contributed by atoms with Crippen molar-refractivity contribution in [1.82, 2.24) is 0 Å². The number of rotatable bonds is 3. The van der Waals surface area contributed by atoms with Crippen molar-refractivity contribution in [3.05, 3.63) is 27.8 Å². The minimum Gasteiger partial charge on any atom is -0.495 e. The highest BCUT2D eigenvalue weighted by molar-refractivity contribution is 6.34. The average molecular weight is 351 g/mol. The molecule has 2 rings (SSSR count). The molecular formula is C15H14ClF3O4. The van der Waals surface area contributed by atoms with Crippen LogP contribution in [0.25, 0.3) is 6.08 Å². The second-order valence-electron chi connectivity index (χ2n) is 4.79. The molecule has 1 aromatic rings. The number of esters is 1. The number of fused-ring (bicyclic) bond motifs is 1. The lowest BCUT2D eigenvalue weighted by molar-refractivity contribution is -0.187. The molecule has 0 saturated carbocycles. The molecule has 0 aromatic heterocycles. The molecule has 1 atom stereocenters. The van der Waals surface area contributed by atoms with Crippen LogP contribution in [-0.2, 0) is 16.0 Å². The van der Waals surface area contributed by atoms with Crippen molar-refractivity contribution in [2.75, 3.05) is 14.2 Å². The van der Waals surface area contributed by atoms with Gasteiger partial charge in [0.1, 0.15) is 16.5 Å². The molecular weight excluding hydrogens is 337 g/mol. The standard InChI is InChI=1S/C15H14ClF3O4/c1-4-7-5-8-6-9(14(20)22-3)13(15(17,18)19)23-12(8)10(16)11(7)21-2/h5-6,13H,4H2,1-3H3. The van der Waals surface area contributed by atoms with Crippen LogP contribution in [-0.4, -0.2) is 32.5 Å². The van der Waals surface area contributed by atoms with Gasteiger partial charge in [-0.15, -0.1) is 0 Å². The molecule has 0 spiro atoms. The van der Waals surface area contributed by atoms with Crippen LogP contribution in [0.15, 0.2) is 11.6 Å². The zero-order valence-corrected chi connectivity index (χ0v) is 13.3. The molecule has 1 aromatic carbocycles. The first-order chi connectivity index (χ1) is 10.7. The molecule has 23 heavy (non-hydrogen) atoms. The highest BCUT2D eigenvalue weighted by atomic mass is 35.5. The monoisotopic (exact) mass is 350 g/mol. The van der Waals surface area contributed by atoms with Gasteiger partial charge in [-0.3, -0.25) is 0 Å². The lowest BCUT2D eigenvalue weighted by Crippen LogP contribution is -2.40. The molecule has 8 heteroatoms. The smallest absolute Gasteiger partial charge is 0.430 e. The van der Waals surface area contributed by atoms with Crippen molar-refractivity contribution in [3.8, 4) is 11.5 Å². The molecule has 126 valence electrons. The highest BCUT2D eigenvalue weighted by Gasteiger charge is 2.49. The summed E-state index contributed by atoms with van der Waals surface area (Å²) in [5, 5.41) is -0.0590. The van der Waals surface area contributed by atoms with Gasteiger partial charge in [0, 0.05) is 5.56 Å². The summed E-state index contributed by atoms with van der Waals surface area (Å²) >= 11 is 6.12. The van der Waals surface area contributed by atoms with Crippen LogP contribution in [0.5, 0.6) is 11.5 Å². The third kappa shape index (κ3) is 3.10. The Morgan fingerprint density at radius 1 is 1.39 bits per heavy atom. The number of hydrogen-bond acceptors (Lipinski definition) is 4. The van der Waals surface area contributed by atoms with E-state index >= 15 is 0 Å². The van der Waals surface area contributed by atoms with E-state index in [0.717, 1.165) is 13.2 Å². The van der Waals surface area contributed by atoms with Gasteiger partial charge in [-0.05, 0) is 24.1 Å². The van der Waals surface area contributed by atoms with E-state index in [0.29, 0.717) is 12.0 Å². The van der Waals surface area contributed by atoms with Crippen LogP contribution in [0.4, 0.5) is 13.2 Å². The Labute approximate surface area is 135 Å². The summed E-state index contributed by atoms with van der Waals surface area (Å²) in [6.45, 7) is 1.84. The van der Waals surface area contributed by atoms with Gasteiger partial charge in [-0.2, -0.15) is 13.2 Å². The van der Waals surface area contributed by atoms with Crippen LogP contribution in [0.2, 0.25) is 5.02 Å². The summed E-state index contributed by atoms with van der Waals surface area (Å²) in [6, 6.07) is 1.58. The van der Waals surface area contributed by atoms with Crippen molar-refractivity contribution in [2.24, 2.45) is 0 Å². The van der Waals surface area contributed by atoms with E-state index in [1.165, 1.54) is 7.11 Å². The maximum atomic E-state index is 13.2. The van der Waals surface area contributed by atoms with E-state index in [2.05, 4.69) is 4.74 Å². The number of carbonyl (C=O) groups is 1. The van der Waals surface area contributed by atoms with Gasteiger partial charge < -0.3 is 14.2 Å². The van der Waals surface area contributed by atoms with Crippen molar-refractivity contribution < 1.29 is 32.2 Å². The summed E-state index contributed by atoms with van der Waals surface area (Å²) in [7, 11) is 2.37. The van der Waals surface area contributed by atoms with Crippen LogP contribution in [0.3, 0.4) is 0 Å². The van der Waals surface area contributed by atoms with E-state index in [1.54, 1.807) is 6.07 Å². The molecule has 0 fully saturated rings. The Morgan fingerprint density at radius 3 is 2.52 bits per heavy atom. The summed E-state index contributed by atoms with van der Waals surface area (Å²) in [5.41, 5.74) is 0.329. The van der Waals surface area contributed by atoms with Crippen molar-refractivity contribution in [3.63, 3.8) is 0 Å².